The minimum atomic E-state index is -0.569. The number of non-ortho nitro benzene ring substituents is 1. The third-order valence-corrected chi connectivity index (χ3v) is 4.64. The summed E-state index contributed by atoms with van der Waals surface area (Å²) in [6.45, 7) is 0. The monoisotopic (exact) mass is 422 g/mol. The fraction of sp³-hybridized carbons (Fsp3) is 0.0476. The average Bonchev–Trinajstić information content (AvgIpc) is 3.10. The van der Waals surface area contributed by atoms with Crippen molar-refractivity contribution in [3.63, 3.8) is 0 Å². The van der Waals surface area contributed by atoms with Crippen molar-refractivity contribution in [2.24, 2.45) is 0 Å². The maximum atomic E-state index is 13.5. The molecule has 1 heterocycles. The Kier molecular flexibility index (Phi) is 4.96. The number of anilines is 1. The highest BCUT2D eigenvalue weighted by molar-refractivity contribution is 6.04. The van der Waals surface area contributed by atoms with Gasteiger partial charge in [0.2, 0.25) is 0 Å². The van der Waals surface area contributed by atoms with Gasteiger partial charge in [-0.1, -0.05) is 0 Å². The number of ether oxygens (including phenoxy) is 1. The number of hydrogen-bond donors (Lipinski definition) is 2. The van der Waals surface area contributed by atoms with Crippen molar-refractivity contribution in [1.29, 1.82) is 0 Å². The molecule has 1 aromatic heterocycles. The summed E-state index contributed by atoms with van der Waals surface area (Å²) in [7, 11) is 1.31. The number of methoxy groups -OCH3 is 1. The van der Waals surface area contributed by atoms with Crippen LogP contribution in [0.3, 0.4) is 0 Å². The molecule has 2 N–H and O–H groups in total. The second kappa shape index (κ2) is 7.75. The highest BCUT2D eigenvalue weighted by atomic mass is 19.1. The predicted octanol–water partition coefficient (Wildman–Crippen LogP) is 4.25. The maximum absolute atomic E-state index is 13.5. The van der Waals surface area contributed by atoms with E-state index in [9.17, 15) is 24.5 Å². The largest absolute Gasteiger partial charge is 0.494 e. The first-order chi connectivity index (χ1) is 14.9. The SMILES string of the molecule is COc1cc(C(=O)Nc2ccc(-c3nc4ccc([N+](=O)[O-])cc4n3O)cc2)ccc1F. The number of rotatable bonds is 5. The third-order valence-electron chi connectivity index (χ3n) is 4.64. The lowest BCUT2D eigenvalue weighted by molar-refractivity contribution is -0.384. The molecule has 10 heteroatoms. The molecule has 1 amide bonds. The molecule has 4 aromatic rings. The Labute approximate surface area is 174 Å². The van der Waals surface area contributed by atoms with Gasteiger partial charge in [-0.3, -0.25) is 14.9 Å². The Morgan fingerprint density at radius 1 is 1.16 bits per heavy atom. The van der Waals surface area contributed by atoms with Gasteiger partial charge in [-0.05, 0) is 48.5 Å². The van der Waals surface area contributed by atoms with Crippen LogP contribution in [0.1, 0.15) is 10.4 Å². The zero-order valence-corrected chi connectivity index (χ0v) is 16.1. The zero-order chi connectivity index (χ0) is 22.1. The Balaban J connectivity index is 1.58. The minimum Gasteiger partial charge on any atom is -0.494 e. The topological polar surface area (TPSA) is 120 Å². The van der Waals surface area contributed by atoms with Gasteiger partial charge >= 0.3 is 0 Å². The number of amides is 1. The quantitative estimate of drug-likeness (QED) is 0.282. The first kappa shape index (κ1) is 19.8. The summed E-state index contributed by atoms with van der Waals surface area (Å²) in [5.41, 5.74) is 1.65. The van der Waals surface area contributed by atoms with Crippen molar-refractivity contribution in [2.75, 3.05) is 12.4 Å². The van der Waals surface area contributed by atoms with Gasteiger partial charge < -0.3 is 15.3 Å². The van der Waals surface area contributed by atoms with Crippen molar-refractivity contribution < 1.29 is 24.1 Å². The summed E-state index contributed by atoms with van der Waals surface area (Å²) >= 11 is 0. The van der Waals surface area contributed by atoms with Gasteiger partial charge in [0.15, 0.2) is 17.4 Å². The second-order valence-electron chi connectivity index (χ2n) is 6.56. The zero-order valence-electron chi connectivity index (χ0n) is 16.1. The number of benzene rings is 3. The fourth-order valence-corrected chi connectivity index (χ4v) is 3.06. The molecule has 0 saturated heterocycles. The Morgan fingerprint density at radius 3 is 2.58 bits per heavy atom. The van der Waals surface area contributed by atoms with Gasteiger partial charge in [-0.2, -0.15) is 4.73 Å². The van der Waals surface area contributed by atoms with Crippen LogP contribution >= 0.6 is 0 Å². The number of hydrogen-bond acceptors (Lipinski definition) is 6. The van der Waals surface area contributed by atoms with E-state index in [1.165, 1.54) is 37.4 Å². The molecular weight excluding hydrogens is 407 g/mol. The van der Waals surface area contributed by atoms with Crippen molar-refractivity contribution in [1.82, 2.24) is 9.71 Å². The van der Waals surface area contributed by atoms with E-state index in [0.717, 1.165) is 10.8 Å². The molecule has 4 rings (SSSR count). The molecule has 0 spiro atoms. The van der Waals surface area contributed by atoms with Crippen LogP contribution in [0.2, 0.25) is 0 Å². The Morgan fingerprint density at radius 2 is 1.90 bits per heavy atom. The van der Waals surface area contributed by atoms with Crippen LogP contribution in [0, 0.1) is 15.9 Å². The molecule has 31 heavy (non-hydrogen) atoms. The van der Waals surface area contributed by atoms with Gasteiger partial charge in [0.05, 0.1) is 17.5 Å². The number of imidazole rings is 1. The Bertz CT molecular complexity index is 1320. The van der Waals surface area contributed by atoms with Crippen molar-refractivity contribution in [3.05, 3.63) is 82.2 Å². The summed E-state index contributed by atoms with van der Waals surface area (Å²) in [6, 6.07) is 14.3. The van der Waals surface area contributed by atoms with Crippen LogP contribution in [-0.4, -0.2) is 32.9 Å². The molecule has 156 valence electrons. The number of nitrogens with zero attached hydrogens (tertiary/aromatic N) is 3. The van der Waals surface area contributed by atoms with E-state index >= 15 is 0 Å². The second-order valence-corrected chi connectivity index (χ2v) is 6.56. The van der Waals surface area contributed by atoms with Crippen LogP contribution in [0.4, 0.5) is 15.8 Å². The standard InChI is InChI=1S/C21H15FN4O5/c1-31-19-10-13(4-8-16(19)22)21(27)23-14-5-2-12(3-6-14)20-24-17-9-7-15(26(29)30)11-18(17)25(20)28/h2-11,28H,1H3,(H,23,27). The van der Waals surface area contributed by atoms with E-state index in [2.05, 4.69) is 10.3 Å². The Hall–Kier alpha value is -4.47. The molecular formula is C21H15FN4O5. The number of nitrogens with one attached hydrogen (secondary N) is 1. The molecule has 0 radical (unpaired) electrons. The summed E-state index contributed by atoms with van der Waals surface area (Å²) in [5, 5.41) is 24.0. The van der Waals surface area contributed by atoms with Gasteiger partial charge in [0.1, 0.15) is 5.52 Å². The maximum Gasteiger partial charge on any atom is 0.271 e. The van der Waals surface area contributed by atoms with Crippen molar-refractivity contribution >= 4 is 28.3 Å². The molecule has 0 aliphatic rings. The van der Waals surface area contributed by atoms with Gasteiger partial charge in [-0.25, -0.2) is 9.37 Å². The summed E-state index contributed by atoms with van der Waals surface area (Å²) in [4.78, 5) is 27.1. The van der Waals surface area contributed by atoms with Crippen molar-refractivity contribution in [2.45, 2.75) is 0 Å². The van der Waals surface area contributed by atoms with Crippen LogP contribution in [0.15, 0.2) is 60.7 Å². The first-order valence-corrected chi connectivity index (χ1v) is 8.99. The lowest BCUT2D eigenvalue weighted by Crippen LogP contribution is -2.12. The lowest BCUT2D eigenvalue weighted by Gasteiger charge is -2.08. The van der Waals surface area contributed by atoms with Gasteiger partial charge in [0.25, 0.3) is 11.6 Å². The first-order valence-electron chi connectivity index (χ1n) is 8.99. The van der Waals surface area contributed by atoms with E-state index in [-0.39, 0.29) is 28.3 Å². The van der Waals surface area contributed by atoms with E-state index < -0.39 is 16.6 Å². The molecule has 0 aliphatic carbocycles. The number of nitro groups is 1. The van der Waals surface area contributed by atoms with E-state index in [1.54, 1.807) is 24.3 Å². The molecule has 0 bridgehead atoms. The summed E-state index contributed by atoms with van der Waals surface area (Å²) < 4.78 is 19.2. The number of carbonyl (C=O) groups is 1. The third kappa shape index (κ3) is 3.73. The molecule has 0 atom stereocenters. The summed E-state index contributed by atoms with van der Waals surface area (Å²) in [5.74, 6) is -0.866. The van der Waals surface area contributed by atoms with Gasteiger partial charge in [0, 0.05) is 28.9 Å². The number of halogens is 1. The average molecular weight is 422 g/mol. The lowest BCUT2D eigenvalue weighted by atomic mass is 10.1. The highest BCUT2D eigenvalue weighted by Gasteiger charge is 2.16. The molecule has 3 aromatic carbocycles. The predicted molar refractivity (Wildman–Crippen MR) is 110 cm³/mol. The highest BCUT2D eigenvalue weighted by Crippen LogP contribution is 2.27. The normalized spacial score (nSPS) is 10.8. The number of nitro benzene ring substituents is 1. The molecule has 0 fully saturated rings. The summed E-state index contributed by atoms with van der Waals surface area (Å²) in [6.07, 6.45) is 0. The molecule has 0 saturated carbocycles. The van der Waals surface area contributed by atoms with Crippen LogP contribution < -0.4 is 10.1 Å². The smallest absolute Gasteiger partial charge is 0.271 e. The molecule has 0 aliphatic heterocycles. The minimum absolute atomic E-state index is 0.0370. The molecule has 0 unspecified atom stereocenters. The number of fused-ring (bicyclic) bond motifs is 1. The van der Waals surface area contributed by atoms with Crippen LogP contribution in [-0.2, 0) is 0 Å². The van der Waals surface area contributed by atoms with Gasteiger partial charge in [-0.15, -0.1) is 0 Å². The van der Waals surface area contributed by atoms with Crippen molar-refractivity contribution in [3.8, 4) is 17.1 Å². The van der Waals surface area contributed by atoms with E-state index in [4.69, 9.17) is 4.74 Å². The van der Waals surface area contributed by atoms with Crippen LogP contribution in [0.5, 0.6) is 5.75 Å². The molecule has 9 nitrogen and oxygen atoms in total. The fourth-order valence-electron chi connectivity index (χ4n) is 3.06. The number of carbonyl (C=O) groups excluding carboxylic acids is 1. The van der Waals surface area contributed by atoms with E-state index in [1.807, 2.05) is 0 Å². The van der Waals surface area contributed by atoms with Crippen LogP contribution in [0.25, 0.3) is 22.4 Å². The van der Waals surface area contributed by atoms with E-state index in [0.29, 0.717) is 16.8 Å². The number of aromatic nitrogens is 2.